The smallest absolute Gasteiger partial charge is 0.251 e. The molecule has 0 radical (unpaired) electrons. The Labute approximate surface area is 171 Å². The minimum Gasteiger partial charge on any atom is -0.354 e. The summed E-state index contributed by atoms with van der Waals surface area (Å²) in [6, 6.07) is 15.4. The Morgan fingerprint density at radius 3 is 2.38 bits per heavy atom. The van der Waals surface area contributed by atoms with E-state index in [1.807, 2.05) is 30.3 Å². The molecule has 1 atom stereocenters. The van der Waals surface area contributed by atoms with Crippen LogP contribution < -0.4 is 10.9 Å². The van der Waals surface area contributed by atoms with Gasteiger partial charge in [-0.2, -0.15) is 0 Å². The topological polar surface area (TPSA) is 68.2 Å². The second kappa shape index (κ2) is 9.30. The van der Waals surface area contributed by atoms with Gasteiger partial charge in [0, 0.05) is 24.4 Å². The van der Waals surface area contributed by atoms with E-state index in [2.05, 4.69) is 5.32 Å². The summed E-state index contributed by atoms with van der Waals surface area (Å²) < 4.78 is 14.2. The van der Waals surface area contributed by atoms with Crippen LogP contribution in [0.1, 0.15) is 22.0 Å². The molecule has 0 aliphatic heterocycles. The van der Waals surface area contributed by atoms with Crippen molar-refractivity contribution in [1.29, 1.82) is 0 Å². The number of Topliss-reactive ketones (excluding diaryl/α,β-unsaturated/α-hetero) is 1. The number of hydrogen-bond donors (Lipinski definition) is 1. The first-order chi connectivity index (χ1) is 14.0. The number of amides is 1. The Hall–Kier alpha value is -3.25. The number of carbonyl (C=O) groups is 2. The normalized spacial score (nSPS) is 11.7. The van der Waals surface area contributed by atoms with E-state index in [9.17, 15) is 18.8 Å². The number of rotatable bonds is 7. The van der Waals surface area contributed by atoms with Gasteiger partial charge in [0.2, 0.25) is 0 Å². The number of ketones is 1. The third-order valence-electron chi connectivity index (χ3n) is 4.36. The minimum atomic E-state index is -1.46. The Kier molecular flexibility index (Phi) is 6.57. The van der Waals surface area contributed by atoms with E-state index in [0.717, 1.165) is 22.3 Å². The highest BCUT2D eigenvalue weighted by atomic mass is 35.5. The molecule has 5 nitrogen and oxygen atoms in total. The highest BCUT2D eigenvalue weighted by Crippen LogP contribution is 2.16. The highest BCUT2D eigenvalue weighted by Gasteiger charge is 2.30. The van der Waals surface area contributed by atoms with Crippen molar-refractivity contribution in [2.75, 3.05) is 6.54 Å². The minimum absolute atomic E-state index is 0.112. The molecule has 0 saturated carbocycles. The second-order valence-corrected chi connectivity index (χ2v) is 6.83. The third kappa shape index (κ3) is 5.18. The lowest BCUT2D eigenvalue weighted by molar-refractivity contribution is -0.123. The Balaban J connectivity index is 1.86. The standard InChI is InChI=1S/C22H18ClFN2O3/c23-17-8-11-19(27)26(14-17)20(21(28)16-6-9-18(24)10-7-16)22(29)25-13-12-15-4-2-1-3-5-15/h1-11,14,20H,12-13H2,(H,25,29)/t20-/m1/s1. The van der Waals surface area contributed by atoms with Gasteiger partial charge in [-0.05, 0) is 42.3 Å². The molecule has 0 aliphatic carbocycles. The number of aromatic nitrogens is 1. The Morgan fingerprint density at radius 2 is 1.69 bits per heavy atom. The largest absolute Gasteiger partial charge is 0.354 e. The van der Waals surface area contributed by atoms with Crippen LogP contribution in [0.15, 0.2) is 77.7 Å². The van der Waals surface area contributed by atoms with Crippen molar-refractivity contribution in [2.45, 2.75) is 12.5 Å². The van der Waals surface area contributed by atoms with Crippen LogP contribution in [-0.2, 0) is 11.2 Å². The highest BCUT2D eigenvalue weighted by molar-refractivity contribution is 6.30. The number of nitrogens with zero attached hydrogens (tertiary/aromatic N) is 1. The van der Waals surface area contributed by atoms with Crippen molar-refractivity contribution >= 4 is 23.3 Å². The zero-order valence-electron chi connectivity index (χ0n) is 15.3. The Morgan fingerprint density at radius 1 is 1.00 bits per heavy atom. The van der Waals surface area contributed by atoms with Crippen LogP contribution in [0.3, 0.4) is 0 Å². The third-order valence-corrected chi connectivity index (χ3v) is 4.58. The number of hydrogen-bond acceptors (Lipinski definition) is 3. The maximum absolute atomic E-state index is 13.2. The van der Waals surface area contributed by atoms with Crippen LogP contribution in [-0.4, -0.2) is 22.8 Å². The van der Waals surface area contributed by atoms with E-state index in [1.165, 1.54) is 30.5 Å². The summed E-state index contributed by atoms with van der Waals surface area (Å²) in [7, 11) is 0. The van der Waals surface area contributed by atoms with Crippen molar-refractivity contribution in [3.8, 4) is 0 Å². The SMILES string of the molecule is O=C(NCCc1ccccc1)[C@@H](C(=O)c1ccc(F)cc1)n1cc(Cl)ccc1=O. The quantitative estimate of drug-likeness (QED) is 0.477. The first kappa shape index (κ1) is 20.5. The van der Waals surface area contributed by atoms with E-state index in [0.29, 0.717) is 6.42 Å². The van der Waals surface area contributed by atoms with Crippen molar-refractivity contribution < 1.29 is 14.0 Å². The fourth-order valence-electron chi connectivity index (χ4n) is 2.89. The number of benzene rings is 2. The lowest BCUT2D eigenvalue weighted by Crippen LogP contribution is -2.41. The molecule has 2 aromatic carbocycles. The predicted molar refractivity (Wildman–Crippen MR) is 109 cm³/mol. The van der Waals surface area contributed by atoms with Gasteiger partial charge in [-0.1, -0.05) is 41.9 Å². The van der Waals surface area contributed by atoms with Crippen molar-refractivity contribution in [1.82, 2.24) is 9.88 Å². The molecular weight excluding hydrogens is 395 g/mol. The fourth-order valence-corrected chi connectivity index (χ4v) is 3.06. The predicted octanol–water partition coefficient (Wildman–Crippen LogP) is 3.42. The molecule has 7 heteroatoms. The van der Waals surface area contributed by atoms with Crippen LogP contribution in [0.25, 0.3) is 0 Å². The molecule has 0 bridgehead atoms. The van der Waals surface area contributed by atoms with Crippen LogP contribution in [0.2, 0.25) is 5.02 Å². The molecule has 1 amide bonds. The van der Waals surface area contributed by atoms with Gasteiger partial charge in [0.25, 0.3) is 11.5 Å². The van der Waals surface area contributed by atoms with Gasteiger partial charge in [-0.25, -0.2) is 4.39 Å². The molecule has 1 N–H and O–H groups in total. The van der Waals surface area contributed by atoms with E-state index >= 15 is 0 Å². The molecule has 1 heterocycles. The number of pyridine rings is 1. The van der Waals surface area contributed by atoms with Gasteiger partial charge < -0.3 is 5.32 Å². The monoisotopic (exact) mass is 412 g/mol. The van der Waals surface area contributed by atoms with Crippen LogP contribution in [0, 0.1) is 5.82 Å². The van der Waals surface area contributed by atoms with Gasteiger partial charge >= 0.3 is 0 Å². The summed E-state index contributed by atoms with van der Waals surface area (Å²) in [4.78, 5) is 38.2. The van der Waals surface area contributed by atoms with Crippen LogP contribution in [0.5, 0.6) is 0 Å². The molecule has 3 aromatic rings. The fraction of sp³-hybridized carbons (Fsp3) is 0.136. The molecule has 148 valence electrons. The van der Waals surface area contributed by atoms with E-state index < -0.39 is 29.1 Å². The summed E-state index contributed by atoms with van der Waals surface area (Å²) in [6.45, 7) is 0.283. The van der Waals surface area contributed by atoms with Crippen LogP contribution in [0.4, 0.5) is 4.39 Å². The molecule has 0 unspecified atom stereocenters. The second-order valence-electron chi connectivity index (χ2n) is 6.39. The number of carbonyl (C=O) groups excluding carboxylic acids is 2. The average Bonchev–Trinajstić information content (AvgIpc) is 2.72. The summed E-state index contributed by atoms with van der Waals surface area (Å²) in [5.41, 5.74) is 0.587. The zero-order valence-corrected chi connectivity index (χ0v) is 16.1. The average molecular weight is 413 g/mol. The van der Waals surface area contributed by atoms with Gasteiger partial charge in [0.1, 0.15) is 5.82 Å². The van der Waals surface area contributed by atoms with Gasteiger partial charge in [0.05, 0.1) is 5.02 Å². The van der Waals surface area contributed by atoms with Crippen molar-refractivity contribution in [3.63, 3.8) is 0 Å². The van der Waals surface area contributed by atoms with Crippen molar-refractivity contribution in [2.24, 2.45) is 0 Å². The van der Waals surface area contributed by atoms with Gasteiger partial charge in [0.15, 0.2) is 11.8 Å². The maximum Gasteiger partial charge on any atom is 0.251 e. The van der Waals surface area contributed by atoms with Gasteiger partial charge in [-0.15, -0.1) is 0 Å². The first-order valence-corrected chi connectivity index (χ1v) is 9.32. The molecule has 1 aromatic heterocycles. The Bertz CT molecular complexity index is 1070. The molecule has 0 aliphatic rings. The van der Waals surface area contributed by atoms with Crippen molar-refractivity contribution in [3.05, 3.63) is 105 Å². The summed E-state index contributed by atoms with van der Waals surface area (Å²) >= 11 is 5.97. The molecule has 0 spiro atoms. The molecule has 3 rings (SSSR count). The summed E-state index contributed by atoms with van der Waals surface area (Å²) in [5, 5.41) is 2.91. The van der Waals surface area contributed by atoms with E-state index in [4.69, 9.17) is 11.6 Å². The zero-order chi connectivity index (χ0) is 20.8. The van der Waals surface area contributed by atoms with Crippen LogP contribution >= 0.6 is 11.6 Å². The summed E-state index contributed by atoms with van der Waals surface area (Å²) in [6.07, 6.45) is 1.81. The maximum atomic E-state index is 13.2. The lowest BCUT2D eigenvalue weighted by atomic mass is 10.0. The molecular formula is C22H18ClFN2O3. The first-order valence-electron chi connectivity index (χ1n) is 8.95. The number of halogens is 2. The number of nitrogens with one attached hydrogen (secondary N) is 1. The molecule has 29 heavy (non-hydrogen) atoms. The van der Waals surface area contributed by atoms with E-state index in [1.54, 1.807) is 0 Å². The molecule has 0 fully saturated rings. The molecule has 0 saturated heterocycles. The van der Waals surface area contributed by atoms with Gasteiger partial charge in [-0.3, -0.25) is 19.0 Å². The summed E-state index contributed by atoms with van der Waals surface area (Å²) in [5.74, 6) is -1.78. The lowest BCUT2D eigenvalue weighted by Gasteiger charge is -2.19. The van der Waals surface area contributed by atoms with E-state index in [-0.39, 0.29) is 17.1 Å².